The summed E-state index contributed by atoms with van der Waals surface area (Å²) in [5, 5.41) is 21.9. The molecular formula is C10H14O2S. The fourth-order valence-corrected chi connectivity index (χ4v) is 2.79. The van der Waals surface area contributed by atoms with Crippen molar-refractivity contribution in [1.82, 2.24) is 0 Å². The number of hydrogen-bond acceptors (Lipinski definition) is 3. The van der Waals surface area contributed by atoms with Gasteiger partial charge in [0.2, 0.25) is 0 Å². The number of aliphatic hydroxyl groups is 2. The average molecular weight is 198 g/mol. The van der Waals surface area contributed by atoms with Gasteiger partial charge in [-0.25, -0.2) is 0 Å². The summed E-state index contributed by atoms with van der Waals surface area (Å²) in [6, 6.07) is 3.78. The third kappa shape index (κ3) is 1.64. The number of aliphatic hydroxyl groups excluding tert-OH is 1. The van der Waals surface area contributed by atoms with E-state index in [0.717, 1.165) is 30.6 Å². The lowest BCUT2D eigenvalue weighted by atomic mass is 9.94. The van der Waals surface area contributed by atoms with E-state index < -0.39 is 11.7 Å². The quantitative estimate of drug-likeness (QED) is 0.764. The maximum absolute atomic E-state index is 10.1. The van der Waals surface area contributed by atoms with Gasteiger partial charge in [0.25, 0.3) is 0 Å². The summed E-state index contributed by atoms with van der Waals surface area (Å²) in [5.41, 5.74) is -0.856. The first-order valence-corrected chi connectivity index (χ1v) is 5.54. The summed E-state index contributed by atoms with van der Waals surface area (Å²) in [7, 11) is 0. The molecule has 0 spiro atoms. The topological polar surface area (TPSA) is 40.5 Å². The molecule has 1 aliphatic carbocycles. The molecule has 3 heteroatoms. The number of thiophene rings is 1. The second-order valence-electron chi connectivity index (χ2n) is 3.73. The molecule has 1 saturated carbocycles. The molecule has 72 valence electrons. The first kappa shape index (κ1) is 9.19. The van der Waals surface area contributed by atoms with Crippen molar-refractivity contribution in [2.45, 2.75) is 37.4 Å². The average Bonchev–Trinajstić information content (AvgIpc) is 2.73. The van der Waals surface area contributed by atoms with E-state index >= 15 is 0 Å². The van der Waals surface area contributed by atoms with Crippen LogP contribution in [0.3, 0.4) is 0 Å². The van der Waals surface area contributed by atoms with Crippen molar-refractivity contribution in [3.63, 3.8) is 0 Å². The lowest BCUT2D eigenvalue weighted by Crippen LogP contribution is -2.32. The van der Waals surface area contributed by atoms with Crippen LogP contribution >= 0.6 is 11.3 Å². The Morgan fingerprint density at radius 1 is 1.38 bits per heavy atom. The van der Waals surface area contributed by atoms with Crippen LogP contribution in [0.4, 0.5) is 0 Å². The Morgan fingerprint density at radius 3 is 2.62 bits per heavy atom. The predicted octanol–water partition coefficient (Wildman–Crippen LogP) is 2.09. The third-order valence-electron chi connectivity index (χ3n) is 2.79. The van der Waals surface area contributed by atoms with Crippen molar-refractivity contribution >= 4 is 11.3 Å². The molecule has 0 aliphatic heterocycles. The van der Waals surface area contributed by atoms with Crippen LogP contribution in [0.2, 0.25) is 0 Å². The minimum absolute atomic E-state index is 0.685. The molecule has 0 radical (unpaired) electrons. The van der Waals surface area contributed by atoms with Crippen LogP contribution < -0.4 is 0 Å². The standard InChI is InChI=1S/C10H14O2S/c11-9(8-4-3-7-13-8)10(12)5-1-2-6-10/h3-4,7,9,11-12H,1-2,5-6H2. The highest BCUT2D eigenvalue weighted by Crippen LogP contribution is 2.40. The van der Waals surface area contributed by atoms with Gasteiger partial charge in [-0.2, -0.15) is 0 Å². The van der Waals surface area contributed by atoms with Gasteiger partial charge < -0.3 is 10.2 Å². The second kappa shape index (κ2) is 3.40. The number of hydrogen-bond donors (Lipinski definition) is 2. The zero-order valence-corrected chi connectivity index (χ0v) is 8.26. The van der Waals surface area contributed by atoms with Gasteiger partial charge in [-0.15, -0.1) is 11.3 Å². The number of rotatable bonds is 2. The Bertz CT molecular complexity index is 262. The molecule has 1 fully saturated rings. The van der Waals surface area contributed by atoms with E-state index in [1.54, 1.807) is 0 Å². The molecule has 1 aromatic rings. The molecule has 13 heavy (non-hydrogen) atoms. The first-order chi connectivity index (χ1) is 6.22. The monoisotopic (exact) mass is 198 g/mol. The smallest absolute Gasteiger partial charge is 0.117 e. The van der Waals surface area contributed by atoms with E-state index in [9.17, 15) is 10.2 Å². The molecular weight excluding hydrogens is 184 g/mol. The summed E-state index contributed by atoms with van der Waals surface area (Å²) < 4.78 is 0. The molecule has 1 aromatic heterocycles. The Hall–Kier alpha value is -0.380. The fraction of sp³-hybridized carbons (Fsp3) is 0.600. The molecule has 1 atom stereocenters. The maximum Gasteiger partial charge on any atom is 0.117 e. The lowest BCUT2D eigenvalue weighted by molar-refractivity contribution is -0.0702. The normalized spacial score (nSPS) is 23.2. The Balaban J connectivity index is 2.16. The van der Waals surface area contributed by atoms with Crippen LogP contribution in [0.25, 0.3) is 0 Å². The van der Waals surface area contributed by atoms with Gasteiger partial charge in [-0.05, 0) is 24.3 Å². The molecule has 1 unspecified atom stereocenters. The highest BCUT2D eigenvalue weighted by atomic mass is 32.1. The second-order valence-corrected chi connectivity index (χ2v) is 4.71. The lowest BCUT2D eigenvalue weighted by Gasteiger charge is -2.27. The molecule has 1 heterocycles. The van der Waals surface area contributed by atoms with E-state index in [0.29, 0.717) is 0 Å². The summed E-state index contributed by atoms with van der Waals surface area (Å²) in [4.78, 5) is 0.879. The highest BCUT2D eigenvalue weighted by molar-refractivity contribution is 7.10. The zero-order valence-electron chi connectivity index (χ0n) is 7.44. The summed E-state index contributed by atoms with van der Waals surface area (Å²) in [6.07, 6.45) is 2.82. The van der Waals surface area contributed by atoms with Gasteiger partial charge in [-0.3, -0.25) is 0 Å². The molecule has 0 amide bonds. The van der Waals surface area contributed by atoms with Crippen LogP contribution in [-0.2, 0) is 0 Å². The van der Waals surface area contributed by atoms with Crippen LogP contribution in [-0.4, -0.2) is 15.8 Å². The van der Waals surface area contributed by atoms with E-state index in [1.165, 1.54) is 11.3 Å². The Labute approximate surface area is 81.8 Å². The van der Waals surface area contributed by atoms with Gasteiger partial charge in [0.15, 0.2) is 0 Å². The van der Waals surface area contributed by atoms with Crippen molar-refractivity contribution in [3.8, 4) is 0 Å². The van der Waals surface area contributed by atoms with Crippen LogP contribution in [0.5, 0.6) is 0 Å². The van der Waals surface area contributed by atoms with Crippen molar-refractivity contribution in [2.75, 3.05) is 0 Å². The van der Waals surface area contributed by atoms with Crippen LogP contribution in [0.1, 0.15) is 36.7 Å². The van der Waals surface area contributed by atoms with E-state index in [2.05, 4.69) is 0 Å². The summed E-state index contributed by atoms with van der Waals surface area (Å²) in [5.74, 6) is 0. The minimum atomic E-state index is -0.856. The summed E-state index contributed by atoms with van der Waals surface area (Å²) >= 11 is 1.51. The largest absolute Gasteiger partial charge is 0.387 e. The van der Waals surface area contributed by atoms with Gasteiger partial charge in [-0.1, -0.05) is 18.9 Å². The first-order valence-electron chi connectivity index (χ1n) is 4.66. The Morgan fingerprint density at radius 2 is 2.08 bits per heavy atom. The molecule has 2 N–H and O–H groups in total. The van der Waals surface area contributed by atoms with Gasteiger partial charge in [0.1, 0.15) is 6.10 Å². The van der Waals surface area contributed by atoms with E-state index in [-0.39, 0.29) is 0 Å². The summed E-state index contributed by atoms with van der Waals surface area (Å²) in [6.45, 7) is 0. The van der Waals surface area contributed by atoms with Gasteiger partial charge >= 0.3 is 0 Å². The van der Waals surface area contributed by atoms with Crippen LogP contribution in [0, 0.1) is 0 Å². The van der Waals surface area contributed by atoms with Gasteiger partial charge in [0.05, 0.1) is 5.60 Å². The third-order valence-corrected chi connectivity index (χ3v) is 3.72. The fourth-order valence-electron chi connectivity index (χ4n) is 1.97. The van der Waals surface area contributed by atoms with Crippen molar-refractivity contribution in [2.24, 2.45) is 0 Å². The highest BCUT2D eigenvalue weighted by Gasteiger charge is 2.39. The van der Waals surface area contributed by atoms with Gasteiger partial charge in [0, 0.05) is 4.88 Å². The van der Waals surface area contributed by atoms with Crippen molar-refractivity contribution < 1.29 is 10.2 Å². The predicted molar refractivity (Wildman–Crippen MR) is 52.7 cm³/mol. The molecule has 2 rings (SSSR count). The van der Waals surface area contributed by atoms with Crippen molar-refractivity contribution in [1.29, 1.82) is 0 Å². The molecule has 1 aliphatic rings. The Kier molecular flexibility index (Phi) is 2.41. The van der Waals surface area contributed by atoms with Crippen LogP contribution in [0.15, 0.2) is 17.5 Å². The zero-order chi connectivity index (χ0) is 9.31. The molecule has 0 bridgehead atoms. The van der Waals surface area contributed by atoms with E-state index in [4.69, 9.17) is 0 Å². The molecule has 2 nitrogen and oxygen atoms in total. The van der Waals surface area contributed by atoms with Crippen molar-refractivity contribution in [3.05, 3.63) is 22.4 Å². The maximum atomic E-state index is 10.1. The minimum Gasteiger partial charge on any atom is -0.387 e. The van der Waals surface area contributed by atoms with E-state index in [1.807, 2.05) is 17.5 Å². The SMILES string of the molecule is OC(c1cccs1)C1(O)CCCC1. The molecule has 0 saturated heterocycles. The molecule has 0 aromatic carbocycles.